The molecule has 1 aliphatic rings. The summed E-state index contributed by atoms with van der Waals surface area (Å²) >= 11 is 0. The number of nitrogens with zero attached hydrogens (tertiary/aromatic N) is 1. The third-order valence-electron chi connectivity index (χ3n) is 3.95. The number of benzene rings is 1. The van der Waals surface area contributed by atoms with Gasteiger partial charge in [0.2, 0.25) is 5.91 Å². The van der Waals surface area contributed by atoms with Gasteiger partial charge in [-0.3, -0.25) is 4.79 Å². The quantitative estimate of drug-likeness (QED) is 0.914. The number of carbonyl (C=O) groups is 1. The largest absolute Gasteiger partial charge is 0.496 e. The third-order valence-corrected chi connectivity index (χ3v) is 3.95. The number of amides is 1. The molecule has 0 aromatic heterocycles. The lowest BCUT2D eigenvalue weighted by atomic mass is 9.98. The van der Waals surface area contributed by atoms with E-state index in [4.69, 9.17) is 4.74 Å². The van der Waals surface area contributed by atoms with E-state index in [0.29, 0.717) is 13.1 Å². The summed E-state index contributed by atoms with van der Waals surface area (Å²) in [6.07, 6.45) is 0.982. The predicted octanol–water partition coefficient (Wildman–Crippen LogP) is 1.97. The second-order valence-corrected chi connectivity index (χ2v) is 5.90. The maximum Gasteiger partial charge on any atom is 0.237 e. The van der Waals surface area contributed by atoms with Crippen LogP contribution in [0, 0.1) is 0 Å². The van der Waals surface area contributed by atoms with Crippen molar-refractivity contribution in [3.05, 3.63) is 29.3 Å². The molecule has 1 saturated heterocycles. The van der Waals surface area contributed by atoms with Crippen LogP contribution in [0.5, 0.6) is 5.75 Å². The average molecular weight is 276 g/mol. The van der Waals surface area contributed by atoms with Gasteiger partial charge in [-0.25, -0.2) is 0 Å². The van der Waals surface area contributed by atoms with Crippen molar-refractivity contribution in [3.8, 4) is 5.75 Å². The van der Waals surface area contributed by atoms with E-state index in [1.165, 1.54) is 5.56 Å². The lowest BCUT2D eigenvalue weighted by Gasteiger charge is -2.43. The molecule has 110 valence electrons. The average Bonchev–Trinajstić information content (AvgIpc) is 2.42. The Bertz CT molecular complexity index is 497. The van der Waals surface area contributed by atoms with E-state index in [2.05, 4.69) is 38.2 Å². The van der Waals surface area contributed by atoms with Crippen LogP contribution in [0.3, 0.4) is 0 Å². The van der Waals surface area contributed by atoms with Gasteiger partial charge in [0, 0.05) is 18.7 Å². The summed E-state index contributed by atoms with van der Waals surface area (Å²) < 4.78 is 5.44. The molecule has 4 heteroatoms. The van der Waals surface area contributed by atoms with E-state index in [9.17, 15) is 4.79 Å². The molecule has 2 rings (SSSR count). The molecule has 1 N–H and O–H groups in total. The van der Waals surface area contributed by atoms with Crippen molar-refractivity contribution in [2.45, 2.75) is 39.3 Å². The Morgan fingerprint density at radius 1 is 1.40 bits per heavy atom. The number of ether oxygens (including phenoxy) is 1. The number of piperazine rings is 1. The van der Waals surface area contributed by atoms with E-state index in [0.717, 1.165) is 24.3 Å². The van der Waals surface area contributed by atoms with E-state index in [1.54, 1.807) is 7.11 Å². The number of rotatable bonds is 4. The standard InChI is InChI=1S/C16H24N2O2/c1-5-12-6-7-14(20-4)13(8-12)10-18-15(19)9-17-11-16(18,2)3/h6-8,17H,5,9-11H2,1-4H3. The fourth-order valence-corrected chi connectivity index (χ4v) is 2.65. The van der Waals surface area contributed by atoms with Crippen LogP contribution in [0.15, 0.2) is 18.2 Å². The van der Waals surface area contributed by atoms with E-state index in [-0.39, 0.29) is 11.4 Å². The minimum Gasteiger partial charge on any atom is -0.496 e. The van der Waals surface area contributed by atoms with Gasteiger partial charge >= 0.3 is 0 Å². The number of nitrogens with one attached hydrogen (secondary N) is 1. The molecule has 4 nitrogen and oxygen atoms in total. The van der Waals surface area contributed by atoms with Crippen molar-refractivity contribution in [1.29, 1.82) is 0 Å². The van der Waals surface area contributed by atoms with Gasteiger partial charge in [-0.2, -0.15) is 0 Å². The molecule has 1 aliphatic heterocycles. The lowest BCUT2D eigenvalue weighted by molar-refractivity contribution is -0.139. The third kappa shape index (κ3) is 2.96. The van der Waals surface area contributed by atoms with Crippen LogP contribution < -0.4 is 10.1 Å². The Morgan fingerprint density at radius 2 is 2.15 bits per heavy atom. The zero-order valence-electron chi connectivity index (χ0n) is 12.8. The highest BCUT2D eigenvalue weighted by molar-refractivity contribution is 5.80. The first-order chi connectivity index (χ1) is 9.47. The maximum atomic E-state index is 12.2. The van der Waals surface area contributed by atoms with Crippen LogP contribution in [-0.2, 0) is 17.8 Å². The first-order valence-corrected chi connectivity index (χ1v) is 7.15. The molecular weight excluding hydrogens is 252 g/mol. The maximum absolute atomic E-state index is 12.2. The summed E-state index contributed by atoms with van der Waals surface area (Å²) in [5.41, 5.74) is 2.17. The molecule has 1 aromatic carbocycles. The van der Waals surface area contributed by atoms with Crippen LogP contribution in [0.25, 0.3) is 0 Å². The molecule has 0 unspecified atom stereocenters. The minimum absolute atomic E-state index is 0.144. The normalized spacial score (nSPS) is 18.2. The SMILES string of the molecule is CCc1ccc(OC)c(CN2C(=O)CNCC2(C)C)c1. The Morgan fingerprint density at radius 3 is 2.75 bits per heavy atom. The lowest BCUT2D eigenvalue weighted by Crippen LogP contribution is -2.60. The van der Waals surface area contributed by atoms with Crippen molar-refractivity contribution in [1.82, 2.24) is 10.2 Å². The number of carbonyl (C=O) groups excluding carboxylic acids is 1. The van der Waals surface area contributed by atoms with Gasteiger partial charge in [0.15, 0.2) is 0 Å². The molecule has 1 fully saturated rings. The van der Waals surface area contributed by atoms with Crippen LogP contribution in [0.2, 0.25) is 0 Å². The Labute approximate surface area is 121 Å². The fourth-order valence-electron chi connectivity index (χ4n) is 2.65. The number of hydrogen-bond acceptors (Lipinski definition) is 3. The van der Waals surface area contributed by atoms with Crippen LogP contribution in [0.4, 0.5) is 0 Å². The molecule has 0 bridgehead atoms. The topological polar surface area (TPSA) is 41.6 Å². The fraction of sp³-hybridized carbons (Fsp3) is 0.562. The van der Waals surface area contributed by atoms with Crippen LogP contribution in [0.1, 0.15) is 31.9 Å². The van der Waals surface area contributed by atoms with Crippen molar-refractivity contribution >= 4 is 5.91 Å². The summed E-state index contributed by atoms with van der Waals surface area (Å²) in [6, 6.07) is 6.21. The first kappa shape index (κ1) is 14.9. The highest BCUT2D eigenvalue weighted by atomic mass is 16.5. The molecule has 1 heterocycles. The van der Waals surface area contributed by atoms with Gasteiger partial charge in [-0.05, 0) is 31.9 Å². The minimum atomic E-state index is -0.178. The van der Waals surface area contributed by atoms with Crippen molar-refractivity contribution in [3.63, 3.8) is 0 Å². The molecule has 0 radical (unpaired) electrons. The first-order valence-electron chi connectivity index (χ1n) is 7.15. The van der Waals surface area contributed by atoms with Gasteiger partial charge in [0.25, 0.3) is 0 Å². The van der Waals surface area contributed by atoms with Gasteiger partial charge < -0.3 is 15.0 Å². The molecule has 0 spiro atoms. The zero-order chi connectivity index (χ0) is 14.8. The molecule has 1 aromatic rings. The molecule has 1 amide bonds. The second kappa shape index (κ2) is 5.83. The molecular formula is C16H24N2O2. The Kier molecular flexibility index (Phi) is 4.33. The monoisotopic (exact) mass is 276 g/mol. The smallest absolute Gasteiger partial charge is 0.237 e. The van der Waals surface area contributed by atoms with E-state index < -0.39 is 0 Å². The Balaban J connectivity index is 2.29. The molecule has 20 heavy (non-hydrogen) atoms. The summed E-state index contributed by atoms with van der Waals surface area (Å²) in [7, 11) is 1.68. The number of methoxy groups -OCH3 is 1. The van der Waals surface area contributed by atoms with Crippen LogP contribution in [-0.4, -0.2) is 36.5 Å². The summed E-state index contributed by atoms with van der Waals surface area (Å²) in [4.78, 5) is 14.1. The van der Waals surface area contributed by atoms with Crippen molar-refractivity contribution in [2.24, 2.45) is 0 Å². The van der Waals surface area contributed by atoms with Gasteiger partial charge in [0.05, 0.1) is 19.2 Å². The number of aryl methyl sites for hydroxylation is 1. The zero-order valence-corrected chi connectivity index (χ0v) is 12.8. The van der Waals surface area contributed by atoms with Gasteiger partial charge in [-0.15, -0.1) is 0 Å². The highest BCUT2D eigenvalue weighted by Gasteiger charge is 2.34. The summed E-state index contributed by atoms with van der Waals surface area (Å²) in [5.74, 6) is 0.995. The van der Waals surface area contributed by atoms with Crippen molar-refractivity contribution in [2.75, 3.05) is 20.2 Å². The highest BCUT2D eigenvalue weighted by Crippen LogP contribution is 2.26. The predicted molar refractivity (Wildman–Crippen MR) is 79.9 cm³/mol. The molecule has 0 saturated carbocycles. The Hall–Kier alpha value is -1.55. The van der Waals surface area contributed by atoms with Gasteiger partial charge in [-0.1, -0.05) is 19.1 Å². The summed E-state index contributed by atoms with van der Waals surface area (Å²) in [6.45, 7) is 8.14. The van der Waals surface area contributed by atoms with Gasteiger partial charge in [0.1, 0.15) is 5.75 Å². The van der Waals surface area contributed by atoms with Crippen LogP contribution >= 0.6 is 0 Å². The number of hydrogen-bond donors (Lipinski definition) is 1. The second-order valence-electron chi connectivity index (χ2n) is 5.90. The molecule has 0 aliphatic carbocycles. The summed E-state index contributed by atoms with van der Waals surface area (Å²) in [5, 5.41) is 3.17. The van der Waals surface area contributed by atoms with E-state index in [1.807, 2.05) is 11.0 Å². The van der Waals surface area contributed by atoms with Crippen molar-refractivity contribution < 1.29 is 9.53 Å². The van der Waals surface area contributed by atoms with E-state index >= 15 is 0 Å². The molecule has 0 atom stereocenters.